The van der Waals surface area contributed by atoms with Gasteiger partial charge in [-0.05, 0) is 48.7 Å². The van der Waals surface area contributed by atoms with Crippen LogP contribution in [0.4, 0.5) is 4.39 Å². The first-order chi connectivity index (χ1) is 10.8. The van der Waals surface area contributed by atoms with Crippen molar-refractivity contribution in [2.24, 2.45) is 0 Å². The molecular weight excluding hydrogens is 279 g/mol. The molecule has 0 fully saturated rings. The number of halogens is 1. The first-order valence-corrected chi connectivity index (χ1v) is 7.42. The van der Waals surface area contributed by atoms with E-state index in [1.807, 2.05) is 6.07 Å². The normalized spacial score (nSPS) is 10.8. The summed E-state index contributed by atoms with van der Waals surface area (Å²) in [7, 11) is 0. The molecule has 0 atom stereocenters. The van der Waals surface area contributed by atoms with Crippen LogP contribution in [0.3, 0.4) is 0 Å². The molecule has 22 heavy (non-hydrogen) atoms. The van der Waals surface area contributed by atoms with Crippen molar-refractivity contribution in [3.05, 3.63) is 60.4 Å². The Morgan fingerprint density at radius 2 is 1.95 bits per heavy atom. The molecular formula is C18H17FN2O. The van der Waals surface area contributed by atoms with Crippen LogP contribution in [-0.2, 0) is 6.42 Å². The number of oxazole rings is 1. The second kappa shape index (κ2) is 6.52. The van der Waals surface area contributed by atoms with Gasteiger partial charge < -0.3 is 4.42 Å². The van der Waals surface area contributed by atoms with Gasteiger partial charge in [0.05, 0.1) is 5.56 Å². The lowest BCUT2D eigenvalue weighted by Gasteiger charge is -2.04. The molecule has 0 unspecified atom stereocenters. The van der Waals surface area contributed by atoms with Crippen LogP contribution in [0.5, 0.6) is 0 Å². The maximum Gasteiger partial charge on any atom is 0.228 e. The third kappa shape index (κ3) is 3.06. The minimum Gasteiger partial charge on any atom is -0.444 e. The third-order valence-corrected chi connectivity index (χ3v) is 3.59. The molecule has 112 valence electrons. The van der Waals surface area contributed by atoms with Crippen molar-refractivity contribution in [2.45, 2.75) is 26.2 Å². The number of rotatable bonds is 5. The lowest BCUT2D eigenvalue weighted by molar-refractivity contribution is 0.573. The molecule has 0 saturated carbocycles. The first-order valence-electron chi connectivity index (χ1n) is 7.42. The van der Waals surface area contributed by atoms with E-state index in [2.05, 4.69) is 16.9 Å². The van der Waals surface area contributed by atoms with E-state index in [0.717, 1.165) is 30.4 Å². The largest absolute Gasteiger partial charge is 0.444 e. The summed E-state index contributed by atoms with van der Waals surface area (Å²) in [5.41, 5.74) is 3.63. The van der Waals surface area contributed by atoms with Gasteiger partial charge in [-0.2, -0.15) is 0 Å². The molecule has 0 bridgehead atoms. The lowest BCUT2D eigenvalue weighted by atomic mass is 10.0. The molecule has 0 spiro atoms. The van der Waals surface area contributed by atoms with Crippen LogP contribution in [0.2, 0.25) is 0 Å². The van der Waals surface area contributed by atoms with Gasteiger partial charge in [0.2, 0.25) is 5.89 Å². The van der Waals surface area contributed by atoms with Crippen molar-refractivity contribution in [1.29, 1.82) is 0 Å². The average molecular weight is 296 g/mol. The highest BCUT2D eigenvalue weighted by Gasteiger charge is 2.12. The summed E-state index contributed by atoms with van der Waals surface area (Å²) in [5.74, 6) is 0.292. The lowest BCUT2D eigenvalue weighted by Crippen LogP contribution is -1.91. The van der Waals surface area contributed by atoms with Gasteiger partial charge in [0.1, 0.15) is 17.8 Å². The molecule has 0 radical (unpaired) electrons. The Kier molecular flexibility index (Phi) is 4.28. The zero-order valence-electron chi connectivity index (χ0n) is 12.4. The number of unbranched alkanes of at least 4 members (excludes halogenated alkanes) is 1. The summed E-state index contributed by atoms with van der Waals surface area (Å²) in [6, 6.07) is 8.23. The average Bonchev–Trinajstić information content (AvgIpc) is 3.03. The van der Waals surface area contributed by atoms with E-state index in [1.54, 1.807) is 30.8 Å². The molecule has 0 aliphatic heterocycles. The number of benzene rings is 1. The standard InChI is InChI=1S/C18H17FN2O/c1-2-3-4-13-9-10-20-11-16(13)18-21-17(12-22-18)14-5-7-15(19)8-6-14/h5-12H,2-4H2,1H3. The molecule has 4 heteroatoms. The van der Waals surface area contributed by atoms with E-state index in [4.69, 9.17) is 4.42 Å². The van der Waals surface area contributed by atoms with Crippen molar-refractivity contribution in [2.75, 3.05) is 0 Å². The van der Waals surface area contributed by atoms with Crippen molar-refractivity contribution >= 4 is 0 Å². The minimum atomic E-state index is -0.262. The Bertz CT molecular complexity index is 750. The molecule has 0 aliphatic rings. The molecule has 2 aromatic heterocycles. The SMILES string of the molecule is CCCCc1ccncc1-c1nc(-c2ccc(F)cc2)co1. The van der Waals surface area contributed by atoms with Gasteiger partial charge in [-0.25, -0.2) is 9.37 Å². The molecule has 0 N–H and O–H groups in total. The third-order valence-electron chi connectivity index (χ3n) is 3.59. The van der Waals surface area contributed by atoms with Crippen LogP contribution < -0.4 is 0 Å². The van der Waals surface area contributed by atoms with E-state index in [1.165, 1.54) is 17.7 Å². The fraction of sp³-hybridized carbons (Fsp3) is 0.222. The summed E-state index contributed by atoms with van der Waals surface area (Å²) in [6.07, 6.45) is 8.39. The smallest absolute Gasteiger partial charge is 0.228 e. The Hall–Kier alpha value is -2.49. The Morgan fingerprint density at radius 1 is 1.14 bits per heavy atom. The van der Waals surface area contributed by atoms with E-state index >= 15 is 0 Å². The minimum absolute atomic E-state index is 0.262. The van der Waals surface area contributed by atoms with Gasteiger partial charge in [0.25, 0.3) is 0 Å². The monoisotopic (exact) mass is 296 g/mol. The predicted molar refractivity (Wildman–Crippen MR) is 83.7 cm³/mol. The zero-order chi connectivity index (χ0) is 15.4. The van der Waals surface area contributed by atoms with E-state index in [0.29, 0.717) is 11.6 Å². The van der Waals surface area contributed by atoms with Crippen LogP contribution in [0.25, 0.3) is 22.7 Å². The number of aromatic nitrogens is 2. The molecule has 1 aromatic carbocycles. The van der Waals surface area contributed by atoms with Crippen molar-refractivity contribution in [3.8, 4) is 22.7 Å². The summed E-state index contributed by atoms with van der Waals surface area (Å²) in [5, 5.41) is 0. The number of hydrogen-bond acceptors (Lipinski definition) is 3. The number of nitrogens with zero attached hydrogens (tertiary/aromatic N) is 2. The van der Waals surface area contributed by atoms with Crippen LogP contribution in [0.1, 0.15) is 25.3 Å². The van der Waals surface area contributed by atoms with Crippen molar-refractivity contribution in [1.82, 2.24) is 9.97 Å². The molecule has 3 rings (SSSR count). The Labute approximate surface area is 128 Å². The molecule has 3 aromatic rings. The van der Waals surface area contributed by atoms with Crippen molar-refractivity contribution < 1.29 is 8.81 Å². The van der Waals surface area contributed by atoms with Crippen LogP contribution in [0, 0.1) is 5.82 Å². The number of hydrogen-bond donors (Lipinski definition) is 0. The van der Waals surface area contributed by atoms with Gasteiger partial charge in [-0.3, -0.25) is 4.98 Å². The van der Waals surface area contributed by atoms with Gasteiger partial charge in [-0.15, -0.1) is 0 Å². The van der Waals surface area contributed by atoms with Crippen molar-refractivity contribution in [3.63, 3.8) is 0 Å². The number of aryl methyl sites for hydroxylation is 1. The molecule has 0 amide bonds. The molecule has 3 nitrogen and oxygen atoms in total. The van der Waals surface area contributed by atoms with Crippen LogP contribution in [-0.4, -0.2) is 9.97 Å². The van der Waals surface area contributed by atoms with Crippen LogP contribution in [0.15, 0.2) is 53.4 Å². The number of pyridine rings is 1. The Morgan fingerprint density at radius 3 is 2.73 bits per heavy atom. The van der Waals surface area contributed by atoms with E-state index in [9.17, 15) is 4.39 Å². The van der Waals surface area contributed by atoms with Crippen LogP contribution >= 0.6 is 0 Å². The van der Waals surface area contributed by atoms with E-state index in [-0.39, 0.29) is 5.82 Å². The van der Waals surface area contributed by atoms with E-state index < -0.39 is 0 Å². The summed E-state index contributed by atoms with van der Waals surface area (Å²) in [6.45, 7) is 2.17. The summed E-state index contributed by atoms with van der Waals surface area (Å²) < 4.78 is 18.6. The Balaban J connectivity index is 1.92. The second-order valence-electron chi connectivity index (χ2n) is 5.18. The fourth-order valence-electron chi connectivity index (χ4n) is 2.35. The summed E-state index contributed by atoms with van der Waals surface area (Å²) in [4.78, 5) is 8.69. The maximum absolute atomic E-state index is 13.0. The molecule has 2 heterocycles. The molecule has 0 saturated heterocycles. The summed E-state index contributed by atoms with van der Waals surface area (Å²) >= 11 is 0. The topological polar surface area (TPSA) is 38.9 Å². The van der Waals surface area contributed by atoms with Gasteiger partial charge >= 0.3 is 0 Å². The highest BCUT2D eigenvalue weighted by Crippen LogP contribution is 2.27. The quantitative estimate of drug-likeness (QED) is 0.673. The predicted octanol–water partition coefficient (Wildman–Crippen LogP) is 4.89. The van der Waals surface area contributed by atoms with Gasteiger partial charge in [0, 0.05) is 18.0 Å². The first kappa shape index (κ1) is 14.4. The zero-order valence-corrected chi connectivity index (χ0v) is 12.4. The van der Waals surface area contributed by atoms with Gasteiger partial charge in [-0.1, -0.05) is 13.3 Å². The second-order valence-corrected chi connectivity index (χ2v) is 5.18. The highest BCUT2D eigenvalue weighted by molar-refractivity contribution is 5.64. The fourth-order valence-corrected chi connectivity index (χ4v) is 2.35. The maximum atomic E-state index is 13.0. The molecule has 0 aliphatic carbocycles. The highest BCUT2D eigenvalue weighted by atomic mass is 19.1. The van der Waals surface area contributed by atoms with Gasteiger partial charge in [0.15, 0.2) is 0 Å².